The summed E-state index contributed by atoms with van der Waals surface area (Å²) >= 11 is 0. The third kappa shape index (κ3) is 1.24. The van der Waals surface area contributed by atoms with E-state index in [2.05, 4.69) is 16.3 Å². The van der Waals surface area contributed by atoms with Crippen molar-refractivity contribution in [2.45, 2.75) is 18.3 Å². The SMILES string of the molecule is NC(=O)C1(c2cn[nH]c2)CCc2ccccc21. The molecule has 17 heavy (non-hydrogen) atoms. The number of carbonyl (C=O) groups is 1. The molecule has 0 aliphatic heterocycles. The van der Waals surface area contributed by atoms with Crippen LogP contribution in [0, 0.1) is 0 Å². The number of H-pyrrole nitrogens is 1. The standard InChI is InChI=1S/C13H13N3O/c14-12(17)13(10-7-15-16-8-10)6-5-9-3-1-2-4-11(9)13/h1-4,7-8H,5-6H2,(H2,14,17)(H,15,16). The van der Waals surface area contributed by atoms with Crippen LogP contribution in [0.1, 0.15) is 23.1 Å². The number of amides is 1. The molecule has 0 bridgehead atoms. The second-order valence-electron chi connectivity index (χ2n) is 4.41. The zero-order chi connectivity index (χ0) is 11.9. The predicted octanol–water partition coefficient (Wildman–Crippen LogP) is 1.13. The lowest BCUT2D eigenvalue weighted by molar-refractivity contribution is -0.122. The van der Waals surface area contributed by atoms with Crippen LogP contribution < -0.4 is 5.73 Å². The molecular weight excluding hydrogens is 214 g/mol. The van der Waals surface area contributed by atoms with E-state index in [-0.39, 0.29) is 5.91 Å². The van der Waals surface area contributed by atoms with Gasteiger partial charge in [-0.05, 0) is 24.0 Å². The maximum Gasteiger partial charge on any atom is 0.232 e. The fourth-order valence-electron chi connectivity index (χ4n) is 2.79. The zero-order valence-corrected chi connectivity index (χ0v) is 9.31. The van der Waals surface area contributed by atoms with Gasteiger partial charge in [-0.3, -0.25) is 9.89 Å². The normalized spacial score (nSPS) is 22.4. The Morgan fingerprint density at radius 2 is 2.24 bits per heavy atom. The van der Waals surface area contributed by atoms with Crippen molar-refractivity contribution in [1.82, 2.24) is 10.2 Å². The van der Waals surface area contributed by atoms with Crippen molar-refractivity contribution < 1.29 is 4.79 Å². The van der Waals surface area contributed by atoms with E-state index in [4.69, 9.17) is 5.73 Å². The summed E-state index contributed by atoms with van der Waals surface area (Å²) in [7, 11) is 0. The van der Waals surface area contributed by atoms with Crippen LogP contribution >= 0.6 is 0 Å². The highest BCUT2D eigenvalue weighted by atomic mass is 16.1. The molecule has 2 aromatic rings. The molecule has 1 aromatic heterocycles. The number of nitrogens with two attached hydrogens (primary N) is 1. The molecular formula is C13H13N3O. The Morgan fingerprint density at radius 3 is 2.94 bits per heavy atom. The van der Waals surface area contributed by atoms with E-state index >= 15 is 0 Å². The summed E-state index contributed by atoms with van der Waals surface area (Å²) in [4.78, 5) is 12.0. The minimum atomic E-state index is -0.705. The highest BCUT2D eigenvalue weighted by Gasteiger charge is 2.45. The van der Waals surface area contributed by atoms with E-state index in [9.17, 15) is 4.79 Å². The van der Waals surface area contributed by atoms with E-state index < -0.39 is 5.41 Å². The predicted molar refractivity (Wildman–Crippen MR) is 63.3 cm³/mol. The first-order valence-corrected chi connectivity index (χ1v) is 5.63. The molecule has 1 unspecified atom stereocenters. The third-order valence-corrected chi connectivity index (χ3v) is 3.66. The fraction of sp³-hybridized carbons (Fsp3) is 0.231. The topological polar surface area (TPSA) is 71.8 Å². The number of hydrogen-bond donors (Lipinski definition) is 2. The summed E-state index contributed by atoms with van der Waals surface area (Å²) in [6.45, 7) is 0. The fourth-order valence-corrected chi connectivity index (χ4v) is 2.79. The lowest BCUT2D eigenvalue weighted by Gasteiger charge is -2.25. The summed E-state index contributed by atoms with van der Waals surface area (Å²) in [6, 6.07) is 7.98. The number of aromatic amines is 1. The van der Waals surface area contributed by atoms with Gasteiger partial charge in [0.1, 0.15) is 5.41 Å². The second-order valence-corrected chi connectivity index (χ2v) is 4.41. The molecule has 4 nitrogen and oxygen atoms in total. The van der Waals surface area contributed by atoms with E-state index in [1.54, 1.807) is 12.4 Å². The van der Waals surface area contributed by atoms with E-state index in [1.807, 2.05) is 18.2 Å². The van der Waals surface area contributed by atoms with Crippen molar-refractivity contribution in [3.63, 3.8) is 0 Å². The van der Waals surface area contributed by atoms with Crippen molar-refractivity contribution in [3.05, 3.63) is 53.3 Å². The third-order valence-electron chi connectivity index (χ3n) is 3.66. The molecule has 0 radical (unpaired) electrons. The van der Waals surface area contributed by atoms with Crippen molar-refractivity contribution >= 4 is 5.91 Å². The number of fused-ring (bicyclic) bond motifs is 1. The number of rotatable bonds is 2. The highest BCUT2D eigenvalue weighted by molar-refractivity contribution is 5.92. The van der Waals surface area contributed by atoms with Crippen molar-refractivity contribution in [3.8, 4) is 0 Å². The molecule has 1 aliphatic rings. The number of aryl methyl sites for hydroxylation is 1. The van der Waals surface area contributed by atoms with E-state index in [1.165, 1.54) is 5.56 Å². The molecule has 0 fully saturated rings. The van der Waals surface area contributed by atoms with Gasteiger partial charge in [-0.1, -0.05) is 24.3 Å². The van der Waals surface area contributed by atoms with Crippen LogP contribution in [0.5, 0.6) is 0 Å². The molecule has 3 rings (SSSR count). The van der Waals surface area contributed by atoms with Crippen molar-refractivity contribution in [2.24, 2.45) is 5.73 Å². The van der Waals surface area contributed by atoms with Crippen LogP contribution in [0.2, 0.25) is 0 Å². The summed E-state index contributed by atoms with van der Waals surface area (Å²) in [6.07, 6.45) is 5.05. The number of primary amides is 1. The molecule has 0 spiro atoms. The molecule has 1 amide bonds. The number of nitrogens with zero attached hydrogens (tertiary/aromatic N) is 1. The molecule has 1 heterocycles. The van der Waals surface area contributed by atoms with Crippen LogP contribution in [0.3, 0.4) is 0 Å². The molecule has 1 aliphatic carbocycles. The van der Waals surface area contributed by atoms with Crippen LogP contribution in [-0.2, 0) is 16.6 Å². The molecule has 86 valence electrons. The number of aromatic nitrogens is 2. The van der Waals surface area contributed by atoms with Gasteiger partial charge < -0.3 is 5.73 Å². The van der Waals surface area contributed by atoms with Crippen LogP contribution in [0.4, 0.5) is 0 Å². The van der Waals surface area contributed by atoms with Gasteiger partial charge in [0.25, 0.3) is 0 Å². The Bertz CT molecular complexity index is 562. The van der Waals surface area contributed by atoms with Gasteiger partial charge >= 0.3 is 0 Å². The lowest BCUT2D eigenvalue weighted by Crippen LogP contribution is -2.40. The number of benzene rings is 1. The summed E-state index contributed by atoms with van der Waals surface area (Å²) in [5.41, 5.74) is 8.03. The van der Waals surface area contributed by atoms with Crippen LogP contribution in [0.25, 0.3) is 0 Å². The second kappa shape index (κ2) is 3.45. The molecule has 4 heteroatoms. The Kier molecular flexibility index (Phi) is 2.04. The Labute approximate surface area is 98.8 Å². The minimum Gasteiger partial charge on any atom is -0.369 e. The number of carbonyl (C=O) groups excluding carboxylic acids is 1. The Balaban J connectivity index is 2.26. The average Bonchev–Trinajstić information content (AvgIpc) is 2.96. The van der Waals surface area contributed by atoms with Crippen LogP contribution in [-0.4, -0.2) is 16.1 Å². The van der Waals surface area contributed by atoms with Gasteiger partial charge in [-0.25, -0.2) is 0 Å². The minimum absolute atomic E-state index is 0.302. The zero-order valence-electron chi connectivity index (χ0n) is 9.31. The van der Waals surface area contributed by atoms with Gasteiger partial charge in [-0.15, -0.1) is 0 Å². The summed E-state index contributed by atoms with van der Waals surface area (Å²) in [5.74, 6) is -0.302. The van der Waals surface area contributed by atoms with Crippen molar-refractivity contribution in [1.29, 1.82) is 0 Å². The lowest BCUT2D eigenvalue weighted by atomic mass is 9.76. The first-order valence-electron chi connectivity index (χ1n) is 5.63. The van der Waals surface area contributed by atoms with Gasteiger partial charge in [0.15, 0.2) is 0 Å². The van der Waals surface area contributed by atoms with Gasteiger partial charge in [0.2, 0.25) is 5.91 Å². The Morgan fingerprint density at radius 1 is 1.41 bits per heavy atom. The molecule has 1 aromatic carbocycles. The quantitative estimate of drug-likeness (QED) is 0.807. The van der Waals surface area contributed by atoms with E-state index in [0.717, 1.165) is 24.0 Å². The van der Waals surface area contributed by atoms with Gasteiger partial charge in [-0.2, -0.15) is 5.10 Å². The maximum absolute atomic E-state index is 12.0. The Hall–Kier alpha value is -2.10. The maximum atomic E-state index is 12.0. The van der Waals surface area contributed by atoms with Gasteiger partial charge in [0.05, 0.1) is 6.20 Å². The molecule has 1 atom stereocenters. The molecule has 0 saturated heterocycles. The van der Waals surface area contributed by atoms with Gasteiger partial charge in [0, 0.05) is 11.8 Å². The monoisotopic (exact) mass is 227 g/mol. The van der Waals surface area contributed by atoms with E-state index in [0.29, 0.717) is 0 Å². The highest BCUT2D eigenvalue weighted by Crippen LogP contribution is 2.43. The van der Waals surface area contributed by atoms with Crippen molar-refractivity contribution in [2.75, 3.05) is 0 Å². The molecule has 3 N–H and O–H groups in total. The summed E-state index contributed by atoms with van der Waals surface area (Å²) < 4.78 is 0. The first-order chi connectivity index (χ1) is 8.25. The summed E-state index contributed by atoms with van der Waals surface area (Å²) in [5, 5.41) is 6.69. The average molecular weight is 227 g/mol. The number of hydrogen-bond acceptors (Lipinski definition) is 2. The first kappa shape index (κ1) is 10.1. The smallest absolute Gasteiger partial charge is 0.232 e. The number of nitrogens with one attached hydrogen (secondary N) is 1. The molecule has 0 saturated carbocycles. The van der Waals surface area contributed by atoms with Crippen LogP contribution in [0.15, 0.2) is 36.7 Å². The largest absolute Gasteiger partial charge is 0.369 e.